The molecule has 204 valence electrons. The maximum atomic E-state index is 12.4. The number of hydrogen-bond acceptors (Lipinski definition) is 8. The highest BCUT2D eigenvalue weighted by Crippen LogP contribution is 2.24. The highest BCUT2D eigenvalue weighted by molar-refractivity contribution is 5.95. The fourth-order valence-electron chi connectivity index (χ4n) is 5.74. The van der Waals surface area contributed by atoms with Gasteiger partial charge in [-0.1, -0.05) is 12.1 Å². The minimum Gasteiger partial charge on any atom is -0.369 e. The number of rotatable bonds is 8. The second kappa shape index (κ2) is 12.1. The van der Waals surface area contributed by atoms with Gasteiger partial charge in [0, 0.05) is 67.6 Å². The number of aromatic nitrogens is 2. The van der Waals surface area contributed by atoms with Crippen molar-refractivity contribution in [2.75, 3.05) is 61.3 Å². The van der Waals surface area contributed by atoms with Crippen LogP contribution in [0.4, 0.5) is 23.0 Å². The van der Waals surface area contributed by atoms with Crippen molar-refractivity contribution in [3.8, 4) is 11.3 Å². The SMILES string of the molecule is O=C(Nc1ccc(-c2ccnc(Nc3ccc(N4CCN(C[C@@H]5CCCN5)CC4)cc3)n2)cc1)[C@H]1CCCN1. The third-order valence-corrected chi connectivity index (χ3v) is 7.98. The van der Waals surface area contributed by atoms with Crippen LogP contribution in [0.25, 0.3) is 11.3 Å². The second-order valence-corrected chi connectivity index (χ2v) is 10.7. The largest absolute Gasteiger partial charge is 0.369 e. The Labute approximate surface area is 230 Å². The second-order valence-electron chi connectivity index (χ2n) is 10.7. The molecule has 4 N–H and O–H groups in total. The lowest BCUT2D eigenvalue weighted by Gasteiger charge is -2.37. The first-order valence-corrected chi connectivity index (χ1v) is 14.3. The predicted octanol–water partition coefficient (Wildman–Crippen LogP) is 3.45. The van der Waals surface area contributed by atoms with Gasteiger partial charge >= 0.3 is 0 Å². The van der Waals surface area contributed by atoms with Crippen LogP contribution < -0.4 is 26.2 Å². The van der Waals surface area contributed by atoms with Gasteiger partial charge in [-0.2, -0.15) is 0 Å². The van der Waals surface area contributed by atoms with E-state index < -0.39 is 0 Å². The van der Waals surface area contributed by atoms with Crippen LogP contribution in [-0.2, 0) is 4.79 Å². The number of hydrogen-bond donors (Lipinski definition) is 4. The van der Waals surface area contributed by atoms with Crippen molar-refractivity contribution in [1.29, 1.82) is 0 Å². The minimum absolute atomic E-state index is 0.0268. The molecule has 3 aromatic rings. The number of amides is 1. The summed E-state index contributed by atoms with van der Waals surface area (Å²) in [6.45, 7) is 7.60. The van der Waals surface area contributed by atoms with Gasteiger partial charge in [0.1, 0.15) is 0 Å². The Morgan fingerprint density at radius 2 is 1.62 bits per heavy atom. The number of piperazine rings is 1. The van der Waals surface area contributed by atoms with Gasteiger partial charge in [-0.25, -0.2) is 9.97 Å². The molecule has 3 aliphatic heterocycles. The van der Waals surface area contributed by atoms with Crippen molar-refractivity contribution in [2.24, 2.45) is 0 Å². The van der Waals surface area contributed by atoms with Crippen LogP contribution in [-0.4, -0.2) is 78.7 Å². The van der Waals surface area contributed by atoms with E-state index in [1.165, 1.54) is 31.6 Å². The van der Waals surface area contributed by atoms with E-state index >= 15 is 0 Å². The first-order valence-electron chi connectivity index (χ1n) is 14.3. The zero-order valence-electron chi connectivity index (χ0n) is 22.4. The van der Waals surface area contributed by atoms with Gasteiger partial charge in [0.15, 0.2) is 0 Å². The summed E-state index contributed by atoms with van der Waals surface area (Å²) in [5, 5.41) is 13.2. The number of anilines is 4. The fourth-order valence-corrected chi connectivity index (χ4v) is 5.74. The van der Waals surface area contributed by atoms with E-state index in [-0.39, 0.29) is 11.9 Å². The molecule has 6 rings (SSSR count). The van der Waals surface area contributed by atoms with Crippen LogP contribution in [0.1, 0.15) is 25.7 Å². The summed E-state index contributed by atoms with van der Waals surface area (Å²) >= 11 is 0. The molecule has 0 spiro atoms. The van der Waals surface area contributed by atoms with Crippen molar-refractivity contribution in [3.05, 3.63) is 60.8 Å². The quantitative estimate of drug-likeness (QED) is 0.355. The first kappa shape index (κ1) is 25.7. The summed E-state index contributed by atoms with van der Waals surface area (Å²) in [6.07, 6.45) is 6.32. The molecule has 39 heavy (non-hydrogen) atoms. The molecule has 1 aromatic heterocycles. The van der Waals surface area contributed by atoms with Crippen LogP contribution in [0.15, 0.2) is 60.8 Å². The Hall–Kier alpha value is -3.53. The zero-order valence-corrected chi connectivity index (χ0v) is 22.4. The molecule has 9 nitrogen and oxygen atoms in total. The summed E-state index contributed by atoms with van der Waals surface area (Å²) in [6, 6.07) is 18.8. The van der Waals surface area contributed by atoms with Crippen LogP contribution in [0, 0.1) is 0 Å². The van der Waals surface area contributed by atoms with Gasteiger partial charge in [-0.3, -0.25) is 9.69 Å². The van der Waals surface area contributed by atoms with E-state index in [4.69, 9.17) is 4.98 Å². The summed E-state index contributed by atoms with van der Waals surface area (Å²) in [4.78, 5) is 26.6. The molecule has 3 saturated heterocycles. The molecule has 1 amide bonds. The monoisotopic (exact) mass is 526 g/mol. The summed E-state index contributed by atoms with van der Waals surface area (Å²) in [5.41, 5.74) is 4.79. The van der Waals surface area contributed by atoms with Crippen LogP contribution in [0.2, 0.25) is 0 Å². The van der Waals surface area contributed by atoms with E-state index in [0.717, 1.165) is 68.2 Å². The fraction of sp³-hybridized carbons (Fsp3) is 0.433. The van der Waals surface area contributed by atoms with Gasteiger partial charge in [-0.15, -0.1) is 0 Å². The average molecular weight is 527 g/mol. The lowest BCUT2D eigenvalue weighted by atomic mass is 10.1. The van der Waals surface area contributed by atoms with Gasteiger partial charge in [0.25, 0.3) is 0 Å². The number of carbonyl (C=O) groups excluding carboxylic acids is 1. The van der Waals surface area contributed by atoms with Crippen molar-refractivity contribution in [2.45, 2.75) is 37.8 Å². The Balaban J connectivity index is 1.02. The van der Waals surface area contributed by atoms with Crippen molar-refractivity contribution in [3.63, 3.8) is 0 Å². The van der Waals surface area contributed by atoms with Crippen molar-refractivity contribution < 1.29 is 4.79 Å². The third kappa shape index (κ3) is 6.55. The summed E-state index contributed by atoms with van der Waals surface area (Å²) < 4.78 is 0. The molecule has 4 heterocycles. The maximum absolute atomic E-state index is 12.4. The predicted molar refractivity (Wildman–Crippen MR) is 157 cm³/mol. The smallest absolute Gasteiger partial charge is 0.241 e. The van der Waals surface area contributed by atoms with E-state index in [0.29, 0.717) is 12.0 Å². The number of nitrogens with one attached hydrogen (secondary N) is 4. The molecule has 0 saturated carbocycles. The van der Waals surface area contributed by atoms with Gasteiger partial charge in [-0.05, 0) is 81.2 Å². The minimum atomic E-state index is -0.0940. The van der Waals surface area contributed by atoms with E-state index in [2.05, 4.69) is 60.3 Å². The third-order valence-electron chi connectivity index (χ3n) is 7.98. The highest BCUT2D eigenvalue weighted by Gasteiger charge is 2.23. The van der Waals surface area contributed by atoms with Crippen LogP contribution >= 0.6 is 0 Å². The standard InChI is InChI=1S/C30H38N8O/c39-29(28-4-2-15-32-28)34-23-7-5-22(6-8-23)27-13-16-33-30(36-27)35-24-9-11-26(12-10-24)38-19-17-37(18-20-38)21-25-3-1-14-31-25/h5-13,16,25,28,31-32H,1-4,14-15,17-21H2,(H,34,39)(H,33,35,36)/t25-,28+/m0/s1. The van der Waals surface area contributed by atoms with Crippen molar-refractivity contribution >= 4 is 28.9 Å². The summed E-state index contributed by atoms with van der Waals surface area (Å²) in [5.74, 6) is 0.581. The Morgan fingerprint density at radius 1 is 0.872 bits per heavy atom. The van der Waals surface area contributed by atoms with E-state index in [1.807, 2.05) is 30.3 Å². The molecular formula is C30H38N8O. The molecule has 0 bridgehead atoms. The molecule has 0 aliphatic carbocycles. The maximum Gasteiger partial charge on any atom is 0.241 e. The normalized spacial score (nSPS) is 21.7. The number of benzene rings is 2. The molecule has 3 fully saturated rings. The van der Waals surface area contributed by atoms with Gasteiger partial charge < -0.3 is 26.2 Å². The number of nitrogens with zero attached hydrogens (tertiary/aromatic N) is 4. The Morgan fingerprint density at radius 3 is 2.33 bits per heavy atom. The molecule has 9 heteroatoms. The van der Waals surface area contributed by atoms with Crippen LogP contribution in [0.3, 0.4) is 0 Å². The number of carbonyl (C=O) groups is 1. The van der Waals surface area contributed by atoms with E-state index in [9.17, 15) is 4.79 Å². The van der Waals surface area contributed by atoms with E-state index in [1.54, 1.807) is 6.20 Å². The highest BCUT2D eigenvalue weighted by atomic mass is 16.2. The Bertz CT molecular complexity index is 1230. The lowest BCUT2D eigenvalue weighted by Crippen LogP contribution is -2.49. The van der Waals surface area contributed by atoms with Crippen molar-refractivity contribution in [1.82, 2.24) is 25.5 Å². The van der Waals surface area contributed by atoms with Crippen LogP contribution in [0.5, 0.6) is 0 Å². The lowest BCUT2D eigenvalue weighted by molar-refractivity contribution is -0.117. The average Bonchev–Trinajstić information content (AvgIpc) is 3.70. The zero-order chi connectivity index (χ0) is 26.4. The molecule has 3 aliphatic rings. The molecule has 2 aromatic carbocycles. The Kier molecular flexibility index (Phi) is 7.99. The van der Waals surface area contributed by atoms with Gasteiger partial charge in [0.05, 0.1) is 11.7 Å². The first-order chi connectivity index (χ1) is 19.2. The van der Waals surface area contributed by atoms with Gasteiger partial charge in [0.2, 0.25) is 11.9 Å². The summed E-state index contributed by atoms with van der Waals surface area (Å²) in [7, 11) is 0. The molecule has 0 unspecified atom stereocenters. The molecular weight excluding hydrogens is 488 g/mol. The topological polar surface area (TPSA) is 97.5 Å². The molecule has 0 radical (unpaired) electrons. The molecule has 2 atom stereocenters.